The Labute approximate surface area is 95.0 Å². The van der Waals surface area contributed by atoms with Crippen LogP contribution in [0.5, 0.6) is 0 Å². The second-order valence-electron chi connectivity index (χ2n) is 3.90. The van der Waals surface area contributed by atoms with Crippen molar-refractivity contribution in [1.29, 1.82) is 0 Å². The van der Waals surface area contributed by atoms with Crippen molar-refractivity contribution in [1.82, 2.24) is 0 Å². The first-order valence-corrected chi connectivity index (χ1v) is 5.51. The molecule has 0 saturated carbocycles. The van der Waals surface area contributed by atoms with Gasteiger partial charge in [0.1, 0.15) is 6.29 Å². The van der Waals surface area contributed by atoms with Crippen LogP contribution in [0.15, 0.2) is 0 Å². The largest absolute Gasteiger partial charge is 0.462 e. The van der Waals surface area contributed by atoms with Crippen molar-refractivity contribution in [3.05, 3.63) is 0 Å². The van der Waals surface area contributed by atoms with Crippen molar-refractivity contribution >= 4 is 12.3 Å². The molecule has 0 aliphatic carbocycles. The molecule has 0 bridgehead atoms. The quantitative estimate of drug-likeness (QED) is 0.519. The number of carbonyl (C=O) groups is 2. The highest BCUT2D eigenvalue weighted by Gasteiger charge is 2.41. The van der Waals surface area contributed by atoms with Gasteiger partial charge >= 0.3 is 5.97 Å². The highest BCUT2D eigenvalue weighted by Crippen LogP contribution is 2.24. The molecule has 0 amide bonds. The molecular formula is C11H18O5. The Balaban J connectivity index is 2.40. The lowest BCUT2D eigenvalue weighted by Gasteiger charge is -2.35. The van der Waals surface area contributed by atoms with Crippen LogP contribution in [0, 0.1) is 5.92 Å². The van der Waals surface area contributed by atoms with Crippen LogP contribution >= 0.6 is 0 Å². The van der Waals surface area contributed by atoms with Crippen LogP contribution in [0.3, 0.4) is 0 Å². The number of esters is 1. The third-order valence-corrected chi connectivity index (χ3v) is 2.53. The van der Waals surface area contributed by atoms with E-state index in [1.807, 2.05) is 0 Å². The minimum absolute atomic E-state index is 0.174. The Morgan fingerprint density at radius 3 is 2.62 bits per heavy atom. The zero-order chi connectivity index (χ0) is 12.0. The number of hydrogen-bond donors (Lipinski definition) is 0. The van der Waals surface area contributed by atoms with Gasteiger partial charge in [0.25, 0.3) is 5.79 Å². The average molecular weight is 230 g/mol. The van der Waals surface area contributed by atoms with Gasteiger partial charge in [0.15, 0.2) is 0 Å². The van der Waals surface area contributed by atoms with Gasteiger partial charge < -0.3 is 19.0 Å². The van der Waals surface area contributed by atoms with Gasteiger partial charge in [-0.3, -0.25) is 0 Å². The number of carbonyl (C=O) groups excluding carboxylic acids is 2. The lowest BCUT2D eigenvalue weighted by molar-refractivity contribution is -0.273. The first kappa shape index (κ1) is 13.1. The van der Waals surface area contributed by atoms with Crippen molar-refractivity contribution in [3.63, 3.8) is 0 Å². The molecule has 0 unspecified atom stereocenters. The Morgan fingerprint density at radius 2 is 2.12 bits per heavy atom. The molecule has 1 fully saturated rings. The fourth-order valence-electron chi connectivity index (χ4n) is 1.49. The summed E-state index contributed by atoms with van der Waals surface area (Å²) in [4.78, 5) is 21.7. The van der Waals surface area contributed by atoms with Crippen LogP contribution in [-0.4, -0.2) is 37.9 Å². The lowest BCUT2D eigenvalue weighted by Crippen LogP contribution is -2.48. The van der Waals surface area contributed by atoms with E-state index >= 15 is 0 Å². The van der Waals surface area contributed by atoms with E-state index in [0.717, 1.165) is 12.7 Å². The molecule has 5 heteroatoms. The summed E-state index contributed by atoms with van der Waals surface area (Å²) < 4.78 is 15.6. The lowest BCUT2D eigenvalue weighted by atomic mass is 10.0. The van der Waals surface area contributed by atoms with E-state index in [1.54, 1.807) is 13.8 Å². The van der Waals surface area contributed by atoms with E-state index in [9.17, 15) is 9.59 Å². The fraction of sp³-hybridized carbons (Fsp3) is 0.818. The van der Waals surface area contributed by atoms with Crippen molar-refractivity contribution in [2.24, 2.45) is 5.92 Å². The Kier molecular flexibility index (Phi) is 4.89. The van der Waals surface area contributed by atoms with E-state index < -0.39 is 11.8 Å². The van der Waals surface area contributed by atoms with Gasteiger partial charge in [-0.05, 0) is 13.3 Å². The molecule has 0 aromatic carbocycles. The van der Waals surface area contributed by atoms with Gasteiger partial charge in [0.2, 0.25) is 0 Å². The molecule has 0 radical (unpaired) electrons. The van der Waals surface area contributed by atoms with Crippen LogP contribution in [0.25, 0.3) is 0 Å². The predicted molar refractivity (Wildman–Crippen MR) is 55.7 cm³/mol. The summed E-state index contributed by atoms with van der Waals surface area (Å²) in [7, 11) is 0. The molecule has 1 aliphatic rings. The molecule has 0 aromatic heterocycles. The van der Waals surface area contributed by atoms with Crippen LogP contribution in [-0.2, 0) is 23.8 Å². The first-order chi connectivity index (χ1) is 7.62. The van der Waals surface area contributed by atoms with Crippen molar-refractivity contribution in [3.8, 4) is 0 Å². The molecule has 1 saturated heterocycles. The van der Waals surface area contributed by atoms with Crippen LogP contribution in [0.1, 0.15) is 26.7 Å². The highest BCUT2D eigenvalue weighted by molar-refractivity contribution is 5.77. The molecule has 1 heterocycles. The third-order valence-electron chi connectivity index (χ3n) is 2.53. The Hall–Kier alpha value is -0.940. The number of rotatable bonds is 5. The average Bonchev–Trinajstić information content (AvgIpc) is 2.29. The molecule has 1 aliphatic heterocycles. The second-order valence-corrected chi connectivity index (χ2v) is 3.90. The zero-order valence-corrected chi connectivity index (χ0v) is 9.73. The van der Waals surface area contributed by atoms with Gasteiger partial charge in [-0.1, -0.05) is 0 Å². The van der Waals surface area contributed by atoms with E-state index in [2.05, 4.69) is 0 Å². The number of hydrogen-bond acceptors (Lipinski definition) is 5. The Morgan fingerprint density at radius 1 is 1.50 bits per heavy atom. The summed E-state index contributed by atoms with van der Waals surface area (Å²) in [6.07, 6.45) is 2.09. The minimum Gasteiger partial charge on any atom is -0.462 e. The van der Waals surface area contributed by atoms with Crippen LogP contribution in [0.2, 0.25) is 0 Å². The molecule has 92 valence electrons. The molecule has 5 nitrogen and oxygen atoms in total. The van der Waals surface area contributed by atoms with Gasteiger partial charge in [0, 0.05) is 19.3 Å². The van der Waals surface area contributed by atoms with Crippen molar-refractivity contribution in [2.75, 3.05) is 19.8 Å². The van der Waals surface area contributed by atoms with Gasteiger partial charge in [-0.2, -0.15) is 0 Å². The number of aldehydes is 1. The molecule has 16 heavy (non-hydrogen) atoms. The van der Waals surface area contributed by atoms with Crippen LogP contribution < -0.4 is 0 Å². The summed E-state index contributed by atoms with van der Waals surface area (Å²) in [6.45, 7) is 4.43. The predicted octanol–water partition coefficient (Wildman–Crippen LogP) is 0.908. The zero-order valence-electron chi connectivity index (χ0n) is 9.73. The monoisotopic (exact) mass is 230 g/mol. The second kappa shape index (κ2) is 5.96. The maximum absolute atomic E-state index is 11.5. The van der Waals surface area contributed by atoms with Gasteiger partial charge in [-0.15, -0.1) is 0 Å². The van der Waals surface area contributed by atoms with Crippen molar-refractivity contribution < 1.29 is 23.8 Å². The molecule has 0 N–H and O–H groups in total. The van der Waals surface area contributed by atoms with E-state index in [0.29, 0.717) is 26.2 Å². The smallest absolute Gasteiger partial charge is 0.366 e. The standard InChI is InChI=1S/C11H18O5/c1-3-14-10(13)11(2)15-7-9(8-16-11)5-4-6-12/h6,9H,3-5,7-8H2,1-2H3/t9-,11+. The SMILES string of the molecule is CCOC(=O)[C@]1(C)OC[C@H](CCC=O)CO1. The highest BCUT2D eigenvalue weighted by atomic mass is 16.7. The third kappa shape index (κ3) is 3.28. The van der Waals surface area contributed by atoms with E-state index in [-0.39, 0.29) is 5.92 Å². The summed E-state index contributed by atoms with van der Waals surface area (Å²) in [6, 6.07) is 0. The van der Waals surface area contributed by atoms with Gasteiger partial charge in [-0.25, -0.2) is 4.79 Å². The van der Waals surface area contributed by atoms with Crippen molar-refractivity contribution in [2.45, 2.75) is 32.5 Å². The molecule has 0 aromatic rings. The molecule has 1 rings (SSSR count). The van der Waals surface area contributed by atoms with E-state index in [4.69, 9.17) is 14.2 Å². The molecular weight excluding hydrogens is 212 g/mol. The fourth-order valence-corrected chi connectivity index (χ4v) is 1.49. The molecule has 0 atom stereocenters. The summed E-state index contributed by atoms with van der Waals surface area (Å²) in [5, 5.41) is 0. The summed E-state index contributed by atoms with van der Waals surface area (Å²) >= 11 is 0. The maximum atomic E-state index is 11.5. The minimum atomic E-state index is -1.28. The summed E-state index contributed by atoms with van der Waals surface area (Å²) in [5.74, 6) is -1.61. The normalized spacial score (nSPS) is 29.8. The van der Waals surface area contributed by atoms with E-state index in [1.165, 1.54) is 0 Å². The van der Waals surface area contributed by atoms with Gasteiger partial charge in [0.05, 0.1) is 19.8 Å². The first-order valence-electron chi connectivity index (χ1n) is 5.51. The van der Waals surface area contributed by atoms with Crippen LogP contribution in [0.4, 0.5) is 0 Å². The number of ether oxygens (including phenoxy) is 3. The maximum Gasteiger partial charge on any atom is 0.366 e. The topological polar surface area (TPSA) is 61.8 Å². The summed E-state index contributed by atoms with van der Waals surface area (Å²) in [5.41, 5.74) is 0. The molecule has 0 spiro atoms. The Bertz CT molecular complexity index is 243.